The van der Waals surface area contributed by atoms with E-state index in [2.05, 4.69) is 0 Å². The second kappa shape index (κ2) is 5.73. The average Bonchev–Trinajstić information content (AvgIpc) is 2.81. The number of hydrogen-bond donors (Lipinski definition) is 2. The first kappa shape index (κ1) is 13.4. The van der Waals surface area contributed by atoms with Crippen LogP contribution in [0, 0.1) is 11.6 Å². The van der Waals surface area contributed by atoms with Gasteiger partial charge in [-0.15, -0.1) is 0 Å². The van der Waals surface area contributed by atoms with Gasteiger partial charge in [0.25, 0.3) is 0 Å². The molecule has 1 aliphatic rings. The van der Waals surface area contributed by atoms with Crippen molar-refractivity contribution in [2.75, 3.05) is 13.2 Å². The molecule has 2 N–H and O–H groups in total. The fourth-order valence-electron chi connectivity index (χ4n) is 2.53. The van der Waals surface area contributed by atoms with Gasteiger partial charge in [-0.05, 0) is 31.0 Å². The standard InChI is InChI=1S/C13H17F2NO2/c14-9-3-4-11(15)10(8-9)12-2-1-6-16(12)13(18)5-7-17/h3-4,8,12-13,17-18H,1-2,5-7H2/t12-,13?/m1/s1. The molecule has 3 nitrogen and oxygen atoms in total. The highest BCUT2D eigenvalue weighted by Crippen LogP contribution is 2.35. The molecule has 1 aliphatic heterocycles. The molecule has 0 amide bonds. The third-order valence-electron chi connectivity index (χ3n) is 3.38. The molecule has 0 aliphatic carbocycles. The van der Waals surface area contributed by atoms with Crippen molar-refractivity contribution in [3.8, 4) is 0 Å². The average molecular weight is 257 g/mol. The summed E-state index contributed by atoms with van der Waals surface area (Å²) in [6.45, 7) is 0.498. The number of likely N-dealkylation sites (tertiary alicyclic amines) is 1. The topological polar surface area (TPSA) is 43.7 Å². The highest BCUT2D eigenvalue weighted by Gasteiger charge is 2.32. The molecular formula is C13H17F2NO2. The lowest BCUT2D eigenvalue weighted by atomic mass is 10.0. The molecule has 0 aromatic heterocycles. The zero-order valence-corrected chi connectivity index (χ0v) is 10.0. The van der Waals surface area contributed by atoms with Crippen LogP contribution in [0.15, 0.2) is 18.2 Å². The number of aliphatic hydroxyl groups excluding tert-OH is 2. The van der Waals surface area contributed by atoms with Crippen molar-refractivity contribution in [2.24, 2.45) is 0 Å². The molecule has 1 fully saturated rings. The van der Waals surface area contributed by atoms with E-state index in [1.54, 1.807) is 4.90 Å². The van der Waals surface area contributed by atoms with E-state index >= 15 is 0 Å². The molecule has 1 aromatic rings. The predicted octanol–water partition coefficient (Wildman–Crippen LogP) is 1.80. The lowest BCUT2D eigenvalue weighted by Gasteiger charge is -2.29. The quantitative estimate of drug-likeness (QED) is 0.864. The van der Waals surface area contributed by atoms with Gasteiger partial charge >= 0.3 is 0 Å². The summed E-state index contributed by atoms with van der Waals surface area (Å²) in [5.74, 6) is -0.931. The molecule has 18 heavy (non-hydrogen) atoms. The maximum atomic E-state index is 13.7. The highest BCUT2D eigenvalue weighted by atomic mass is 19.1. The Morgan fingerprint density at radius 2 is 2.17 bits per heavy atom. The summed E-state index contributed by atoms with van der Waals surface area (Å²) in [4.78, 5) is 1.72. The second-order valence-corrected chi connectivity index (χ2v) is 4.55. The zero-order chi connectivity index (χ0) is 13.1. The van der Waals surface area contributed by atoms with Gasteiger partial charge in [0.05, 0.1) is 0 Å². The minimum Gasteiger partial charge on any atom is -0.396 e. The van der Waals surface area contributed by atoms with Gasteiger partial charge in [-0.3, -0.25) is 4.90 Å². The molecule has 100 valence electrons. The summed E-state index contributed by atoms with van der Waals surface area (Å²) < 4.78 is 26.9. The number of rotatable bonds is 4. The Kier molecular flexibility index (Phi) is 4.27. The fourth-order valence-corrected chi connectivity index (χ4v) is 2.53. The molecule has 1 aromatic carbocycles. The summed E-state index contributed by atoms with van der Waals surface area (Å²) in [6.07, 6.45) is 0.907. The van der Waals surface area contributed by atoms with Gasteiger partial charge in [0.15, 0.2) is 0 Å². The molecule has 2 atom stereocenters. The van der Waals surface area contributed by atoms with Crippen LogP contribution in [0.3, 0.4) is 0 Å². The SMILES string of the molecule is OCCC(O)N1CCC[C@@H]1c1cc(F)ccc1F. The molecular weight excluding hydrogens is 240 g/mol. The number of nitrogens with zero attached hydrogens (tertiary/aromatic N) is 1. The summed E-state index contributed by atoms with van der Waals surface area (Å²) >= 11 is 0. The Labute approximate surface area is 105 Å². The van der Waals surface area contributed by atoms with Gasteiger partial charge in [-0.2, -0.15) is 0 Å². The maximum absolute atomic E-state index is 13.7. The molecule has 0 saturated carbocycles. The normalized spacial score (nSPS) is 22.3. The molecule has 0 bridgehead atoms. The van der Waals surface area contributed by atoms with Crippen molar-refractivity contribution in [3.63, 3.8) is 0 Å². The van der Waals surface area contributed by atoms with Crippen LogP contribution in [-0.4, -0.2) is 34.5 Å². The fraction of sp³-hybridized carbons (Fsp3) is 0.538. The first-order chi connectivity index (χ1) is 8.63. The lowest BCUT2D eigenvalue weighted by Crippen LogP contribution is -2.35. The van der Waals surface area contributed by atoms with Crippen LogP contribution < -0.4 is 0 Å². The summed E-state index contributed by atoms with van der Waals surface area (Å²) in [7, 11) is 0. The third kappa shape index (κ3) is 2.68. The van der Waals surface area contributed by atoms with Crippen LogP contribution in [0.2, 0.25) is 0 Å². The largest absolute Gasteiger partial charge is 0.396 e. The second-order valence-electron chi connectivity index (χ2n) is 4.55. The molecule has 2 rings (SSSR count). The molecule has 1 saturated heterocycles. The van der Waals surface area contributed by atoms with Crippen LogP contribution >= 0.6 is 0 Å². The Balaban J connectivity index is 2.23. The van der Waals surface area contributed by atoms with Crippen LogP contribution in [0.5, 0.6) is 0 Å². The van der Waals surface area contributed by atoms with Crippen molar-refractivity contribution in [1.82, 2.24) is 4.90 Å². The van der Waals surface area contributed by atoms with Crippen LogP contribution in [0.25, 0.3) is 0 Å². The van der Waals surface area contributed by atoms with E-state index in [1.165, 1.54) is 6.07 Å². The number of aliphatic hydroxyl groups is 2. The minimum atomic E-state index is -0.815. The van der Waals surface area contributed by atoms with Crippen LogP contribution in [0.1, 0.15) is 30.9 Å². The van der Waals surface area contributed by atoms with E-state index in [9.17, 15) is 13.9 Å². The van der Waals surface area contributed by atoms with E-state index in [4.69, 9.17) is 5.11 Å². The van der Waals surface area contributed by atoms with Crippen LogP contribution in [0.4, 0.5) is 8.78 Å². The Hall–Kier alpha value is -1.04. The van der Waals surface area contributed by atoms with Crippen molar-refractivity contribution >= 4 is 0 Å². The van der Waals surface area contributed by atoms with Crippen molar-refractivity contribution in [2.45, 2.75) is 31.5 Å². The molecule has 0 radical (unpaired) electrons. The molecule has 5 heteroatoms. The van der Waals surface area contributed by atoms with E-state index in [0.29, 0.717) is 13.0 Å². The minimum absolute atomic E-state index is 0.129. The zero-order valence-electron chi connectivity index (χ0n) is 10.0. The highest BCUT2D eigenvalue weighted by molar-refractivity contribution is 5.23. The van der Waals surface area contributed by atoms with Gasteiger partial charge in [0.2, 0.25) is 0 Å². The van der Waals surface area contributed by atoms with Crippen molar-refractivity contribution in [3.05, 3.63) is 35.4 Å². The van der Waals surface area contributed by atoms with Gasteiger partial charge in [0.1, 0.15) is 17.9 Å². The summed E-state index contributed by atoms with van der Waals surface area (Å²) in [6, 6.07) is 3.06. The Morgan fingerprint density at radius 1 is 1.39 bits per heavy atom. The van der Waals surface area contributed by atoms with Crippen LogP contribution in [-0.2, 0) is 0 Å². The first-order valence-corrected chi connectivity index (χ1v) is 6.13. The Morgan fingerprint density at radius 3 is 2.89 bits per heavy atom. The van der Waals surface area contributed by atoms with Gasteiger partial charge in [-0.1, -0.05) is 0 Å². The lowest BCUT2D eigenvalue weighted by molar-refractivity contribution is -0.0218. The number of benzene rings is 1. The maximum Gasteiger partial charge on any atom is 0.128 e. The monoisotopic (exact) mass is 257 g/mol. The Bertz CT molecular complexity index is 414. The van der Waals surface area contributed by atoms with Crippen molar-refractivity contribution in [1.29, 1.82) is 0 Å². The molecule has 1 unspecified atom stereocenters. The molecule has 0 spiro atoms. The van der Waals surface area contributed by atoms with Gasteiger partial charge in [0, 0.05) is 31.2 Å². The summed E-state index contributed by atoms with van der Waals surface area (Å²) in [5.41, 5.74) is 0.282. The van der Waals surface area contributed by atoms with E-state index < -0.39 is 17.9 Å². The number of halogens is 2. The smallest absolute Gasteiger partial charge is 0.128 e. The van der Waals surface area contributed by atoms with Gasteiger partial charge < -0.3 is 10.2 Å². The summed E-state index contributed by atoms with van der Waals surface area (Å²) in [5, 5.41) is 18.7. The van der Waals surface area contributed by atoms with E-state index in [-0.39, 0.29) is 24.6 Å². The molecule has 1 heterocycles. The predicted molar refractivity (Wildman–Crippen MR) is 62.7 cm³/mol. The first-order valence-electron chi connectivity index (χ1n) is 6.13. The third-order valence-corrected chi connectivity index (χ3v) is 3.38. The van der Waals surface area contributed by atoms with Gasteiger partial charge in [-0.25, -0.2) is 8.78 Å². The van der Waals surface area contributed by atoms with E-state index in [1.807, 2.05) is 0 Å². The number of hydrogen-bond acceptors (Lipinski definition) is 3. The van der Waals surface area contributed by atoms with E-state index in [0.717, 1.165) is 18.6 Å². The van der Waals surface area contributed by atoms with Crippen molar-refractivity contribution < 1.29 is 19.0 Å².